The number of aromatic nitrogens is 1. The van der Waals surface area contributed by atoms with Gasteiger partial charge in [0.05, 0.1) is 6.61 Å². The van der Waals surface area contributed by atoms with Gasteiger partial charge in [-0.2, -0.15) is 0 Å². The van der Waals surface area contributed by atoms with E-state index in [1.54, 1.807) is 0 Å². The van der Waals surface area contributed by atoms with Gasteiger partial charge in [0.25, 0.3) is 5.91 Å². The maximum Gasteiger partial charge on any atom is 0.254 e. The number of H-pyrrole nitrogens is 1. The molecule has 0 aliphatic carbocycles. The van der Waals surface area contributed by atoms with E-state index in [0.29, 0.717) is 18.7 Å². The number of rotatable bonds is 3. The summed E-state index contributed by atoms with van der Waals surface area (Å²) in [5.74, 6) is 0.876. The Kier molecular flexibility index (Phi) is 3.73. The van der Waals surface area contributed by atoms with Gasteiger partial charge in [-0.25, -0.2) is 0 Å². The first-order valence-electron chi connectivity index (χ1n) is 8.37. The highest BCUT2D eigenvalue weighted by molar-refractivity contribution is 5.95. The van der Waals surface area contributed by atoms with E-state index in [0.717, 1.165) is 24.2 Å². The lowest BCUT2D eigenvalue weighted by Gasteiger charge is -2.27. The molecule has 4 nitrogen and oxygen atoms in total. The highest BCUT2D eigenvalue weighted by Crippen LogP contribution is 2.28. The number of ether oxygens (including phenoxy) is 1. The van der Waals surface area contributed by atoms with Crippen molar-refractivity contribution >= 4 is 16.8 Å². The minimum absolute atomic E-state index is 0.0778. The number of amides is 1. The number of carbonyl (C=O) groups excluding carboxylic acids is 1. The van der Waals surface area contributed by atoms with Gasteiger partial charge in [0, 0.05) is 47.2 Å². The minimum atomic E-state index is 0.0778. The SMILES string of the molecule is CCOc1ccc(C(=O)N2CCc3[nH]c4ccccc4c3C2)cc1. The minimum Gasteiger partial charge on any atom is -0.494 e. The van der Waals surface area contributed by atoms with Crippen LogP contribution in [0, 0.1) is 0 Å². The third-order valence-electron chi connectivity index (χ3n) is 4.58. The molecular formula is C20H20N2O2. The van der Waals surface area contributed by atoms with Crippen LogP contribution < -0.4 is 4.74 Å². The normalized spacial score (nSPS) is 13.8. The molecule has 0 saturated carbocycles. The van der Waals surface area contributed by atoms with Gasteiger partial charge in [-0.3, -0.25) is 4.79 Å². The van der Waals surface area contributed by atoms with Gasteiger partial charge in [-0.15, -0.1) is 0 Å². The first kappa shape index (κ1) is 14.8. The van der Waals surface area contributed by atoms with Crippen LogP contribution in [0.2, 0.25) is 0 Å². The van der Waals surface area contributed by atoms with Crippen molar-refractivity contribution in [3.8, 4) is 5.75 Å². The van der Waals surface area contributed by atoms with Crippen LogP contribution in [0.15, 0.2) is 48.5 Å². The number of hydrogen-bond donors (Lipinski definition) is 1. The summed E-state index contributed by atoms with van der Waals surface area (Å²) in [6.07, 6.45) is 0.868. The fourth-order valence-corrected chi connectivity index (χ4v) is 3.38. The molecule has 4 heteroatoms. The molecule has 0 atom stereocenters. The fourth-order valence-electron chi connectivity index (χ4n) is 3.38. The van der Waals surface area contributed by atoms with Crippen LogP contribution in [-0.4, -0.2) is 28.9 Å². The van der Waals surface area contributed by atoms with Crippen molar-refractivity contribution in [1.29, 1.82) is 0 Å². The molecule has 0 saturated heterocycles. The van der Waals surface area contributed by atoms with Crippen LogP contribution in [0.25, 0.3) is 10.9 Å². The molecule has 1 N–H and O–H groups in total. The largest absolute Gasteiger partial charge is 0.494 e. The second-order valence-corrected chi connectivity index (χ2v) is 6.06. The van der Waals surface area contributed by atoms with Gasteiger partial charge in [-0.1, -0.05) is 18.2 Å². The van der Waals surface area contributed by atoms with E-state index in [4.69, 9.17) is 4.74 Å². The van der Waals surface area contributed by atoms with Crippen molar-refractivity contribution in [3.63, 3.8) is 0 Å². The summed E-state index contributed by atoms with van der Waals surface area (Å²) >= 11 is 0. The van der Waals surface area contributed by atoms with Crippen molar-refractivity contribution in [2.45, 2.75) is 19.9 Å². The van der Waals surface area contributed by atoms with Gasteiger partial charge >= 0.3 is 0 Å². The van der Waals surface area contributed by atoms with E-state index in [1.165, 1.54) is 16.6 Å². The maximum absolute atomic E-state index is 12.8. The van der Waals surface area contributed by atoms with E-state index in [2.05, 4.69) is 17.1 Å². The topological polar surface area (TPSA) is 45.3 Å². The molecular weight excluding hydrogens is 300 g/mol. The smallest absolute Gasteiger partial charge is 0.254 e. The Morgan fingerprint density at radius 3 is 2.75 bits per heavy atom. The van der Waals surface area contributed by atoms with Crippen LogP contribution >= 0.6 is 0 Å². The van der Waals surface area contributed by atoms with Crippen molar-refractivity contribution in [2.24, 2.45) is 0 Å². The van der Waals surface area contributed by atoms with Crippen LogP contribution in [0.5, 0.6) is 5.75 Å². The summed E-state index contributed by atoms with van der Waals surface area (Å²) in [6, 6.07) is 15.7. The van der Waals surface area contributed by atoms with Crippen molar-refractivity contribution in [3.05, 3.63) is 65.4 Å². The zero-order valence-electron chi connectivity index (χ0n) is 13.7. The molecule has 2 heterocycles. The zero-order chi connectivity index (χ0) is 16.5. The molecule has 0 bridgehead atoms. The number of para-hydroxylation sites is 1. The Bertz CT molecular complexity index is 880. The molecule has 122 valence electrons. The third-order valence-corrected chi connectivity index (χ3v) is 4.58. The fraction of sp³-hybridized carbons (Fsp3) is 0.250. The molecule has 0 radical (unpaired) electrons. The second-order valence-electron chi connectivity index (χ2n) is 6.06. The summed E-state index contributed by atoms with van der Waals surface area (Å²) < 4.78 is 5.44. The number of carbonyl (C=O) groups is 1. The lowest BCUT2D eigenvalue weighted by Crippen LogP contribution is -2.35. The van der Waals surface area contributed by atoms with Crippen molar-refractivity contribution < 1.29 is 9.53 Å². The molecule has 1 amide bonds. The molecule has 2 aromatic carbocycles. The molecule has 3 aromatic rings. The summed E-state index contributed by atoms with van der Waals surface area (Å²) in [7, 11) is 0. The second kappa shape index (κ2) is 6.04. The Labute approximate surface area is 141 Å². The van der Waals surface area contributed by atoms with E-state index in [1.807, 2.05) is 48.2 Å². The van der Waals surface area contributed by atoms with Gasteiger partial charge in [0.15, 0.2) is 0 Å². The number of fused-ring (bicyclic) bond motifs is 3. The quantitative estimate of drug-likeness (QED) is 0.798. The number of hydrogen-bond acceptors (Lipinski definition) is 2. The van der Waals surface area contributed by atoms with E-state index in [-0.39, 0.29) is 5.91 Å². The highest BCUT2D eigenvalue weighted by atomic mass is 16.5. The summed E-state index contributed by atoms with van der Waals surface area (Å²) in [6.45, 7) is 3.98. The van der Waals surface area contributed by atoms with Crippen LogP contribution in [0.3, 0.4) is 0 Å². The lowest BCUT2D eigenvalue weighted by atomic mass is 10.0. The molecule has 24 heavy (non-hydrogen) atoms. The van der Waals surface area contributed by atoms with Crippen molar-refractivity contribution in [2.75, 3.05) is 13.2 Å². The first-order valence-corrected chi connectivity index (χ1v) is 8.37. The zero-order valence-corrected chi connectivity index (χ0v) is 13.7. The van der Waals surface area contributed by atoms with Gasteiger partial charge in [0.2, 0.25) is 0 Å². The molecule has 0 spiro atoms. The summed E-state index contributed by atoms with van der Waals surface area (Å²) in [5, 5.41) is 1.22. The maximum atomic E-state index is 12.8. The molecule has 1 aromatic heterocycles. The Hall–Kier alpha value is -2.75. The number of nitrogens with zero attached hydrogens (tertiary/aromatic N) is 1. The van der Waals surface area contributed by atoms with Crippen LogP contribution in [0.4, 0.5) is 0 Å². The third kappa shape index (κ3) is 2.54. The predicted octanol–water partition coefficient (Wildman–Crippen LogP) is 3.77. The van der Waals surface area contributed by atoms with E-state index >= 15 is 0 Å². The standard InChI is InChI=1S/C20H20N2O2/c1-2-24-15-9-7-14(8-10-15)20(23)22-12-11-19-17(13-22)16-5-3-4-6-18(16)21-19/h3-10,21H,2,11-13H2,1H3. The Balaban J connectivity index is 1.58. The molecule has 1 aliphatic rings. The average Bonchev–Trinajstić information content (AvgIpc) is 3.00. The van der Waals surface area contributed by atoms with E-state index in [9.17, 15) is 4.79 Å². The highest BCUT2D eigenvalue weighted by Gasteiger charge is 2.24. The monoisotopic (exact) mass is 320 g/mol. The van der Waals surface area contributed by atoms with Gasteiger partial charge < -0.3 is 14.6 Å². The summed E-state index contributed by atoms with van der Waals surface area (Å²) in [5.41, 5.74) is 4.36. The number of nitrogens with one attached hydrogen (secondary N) is 1. The van der Waals surface area contributed by atoms with Gasteiger partial charge in [0.1, 0.15) is 5.75 Å². The molecule has 4 rings (SSSR count). The molecule has 0 fully saturated rings. The predicted molar refractivity (Wildman–Crippen MR) is 94.4 cm³/mol. The van der Waals surface area contributed by atoms with E-state index < -0.39 is 0 Å². The Morgan fingerprint density at radius 2 is 1.96 bits per heavy atom. The molecule has 0 unspecified atom stereocenters. The van der Waals surface area contributed by atoms with Gasteiger partial charge in [-0.05, 0) is 37.3 Å². The lowest BCUT2D eigenvalue weighted by molar-refractivity contribution is 0.0735. The first-order chi connectivity index (χ1) is 11.8. The number of aromatic amines is 1. The van der Waals surface area contributed by atoms with Crippen molar-refractivity contribution in [1.82, 2.24) is 9.88 Å². The average molecular weight is 320 g/mol. The molecule has 1 aliphatic heterocycles. The number of benzene rings is 2. The van der Waals surface area contributed by atoms with Crippen LogP contribution in [-0.2, 0) is 13.0 Å². The van der Waals surface area contributed by atoms with Crippen LogP contribution in [0.1, 0.15) is 28.5 Å². The summed E-state index contributed by atoms with van der Waals surface area (Å²) in [4.78, 5) is 18.2. The Morgan fingerprint density at radius 1 is 1.17 bits per heavy atom.